The second-order valence-electron chi connectivity index (χ2n) is 5.87. The number of ether oxygens (including phenoxy) is 2. The topological polar surface area (TPSA) is 80.8 Å². The van der Waals surface area contributed by atoms with Gasteiger partial charge in [0.15, 0.2) is 0 Å². The molecule has 0 spiro atoms. The van der Waals surface area contributed by atoms with Gasteiger partial charge < -0.3 is 14.8 Å². The Balaban J connectivity index is 1.59. The molecule has 0 atom stereocenters. The van der Waals surface area contributed by atoms with E-state index < -0.39 is 0 Å². The van der Waals surface area contributed by atoms with Gasteiger partial charge >= 0.3 is 0 Å². The second-order valence-corrected chi connectivity index (χ2v) is 6.84. The molecule has 2 aromatic rings. The summed E-state index contributed by atoms with van der Waals surface area (Å²) in [6, 6.07) is 9.12. The van der Waals surface area contributed by atoms with Crippen molar-refractivity contribution in [1.82, 2.24) is 10.3 Å². The summed E-state index contributed by atoms with van der Waals surface area (Å²) < 4.78 is 10.6. The minimum absolute atomic E-state index is 0.0205. The fourth-order valence-corrected chi connectivity index (χ4v) is 3.71. The summed E-state index contributed by atoms with van der Waals surface area (Å²) >= 11 is 1.39. The molecule has 0 saturated heterocycles. The van der Waals surface area contributed by atoms with Crippen molar-refractivity contribution in [3.05, 3.63) is 42.1 Å². The number of methoxy groups -OCH3 is 2. The van der Waals surface area contributed by atoms with Crippen molar-refractivity contribution in [2.45, 2.75) is 11.4 Å². The van der Waals surface area contributed by atoms with E-state index in [0.29, 0.717) is 18.7 Å². The fraction of sp³-hybridized carbons (Fsp3) is 0.316. The lowest BCUT2D eigenvalue weighted by Gasteiger charge is -2.27. The SMILES string of the molecule is COc1ccc(OC)c(CCNC(=O)CN2C(=O)CSc3ncccc32)c1. The Labute approximate surface area is 162 Å². The van der Waals surface area contributed by atoms with Crippen LogP contribution in [0.4, 0.5) is 5.69 Å². The molecule has 27 heavy (non-hydrogen) atoms. The first-order valence-electron chi connectivity index (χ1n) is 8.48. The van der Waals surface area contributed by atoms with Crippen molar-refractivity contribution < 1.29 is 19.1 Å². The standard InChI is InChI=1S/C19H21N3O4S/c1-25-14-5-6-16(26-2)13(10-14)7-9-20-17(23)11-22-15-4-3-8-21-19(15)27-12-18(22)24/h3-6,8,10H,7,9,11-12H2,1-2H3,(H,20,23). The van der Waals surface area contributed by atoms with E-state index in [0.717, 1.165) is 22.1 Å². The predicted molar refractivity (Wildman–Crippen MR) is 104 cm³/mol. The third kappa shape index (κ3) is 4.51. The van der Waals surface area contributed by atoms with Crippen molar-refractivity contribution in [1.29, 1.82) is 0 Å². The molecule has 1 aliphatic heterocycles. The van der Waals surface area contributed by atoms with Crippen LogP contribution >= 0.6 is 11.8 Å². The zero-order valence-corrected chi connectivity index (χ0v) is 16.0. The van der Waals surface area contributed by atoms with E-state index >= 15 is 0 Å². The Morgan fingerprint density at radius 3 is 2.93 bits per heavy atom. The highest BCUT2D eigenvalue weighted by molar-refractivity contribution is 8.00. The van der Waals surface area contributed by atoms with Gasteiger partial charge in [-0.25, -0.2) is 4.98 Å². The molecule has 1 aromatic heterocycles. The molecule has 2 amide bonds. The van der Waals surface area contributed by atoms with Gasteiger partial charge in [-0.15, -0.1) is 0 Å². The number of hydrogen-bond donors (Lipinski definition) is 1. The first kappa shape index (κ1) is 19.0. The fourth-order valence-electron chi connectivity index (χ4n) is 2.83. The van der Waals surface area contributed by atoms with Gasteiger partial charge in [-0.05, 0) is 42.3 Å². The lowest BCUT2D eigenvalue weighted by Crippen LogP contribution is -2.43. The highest BCUT2D eigenvalue weighted by Crippen LogP contribution is 2.32. The first-order valence-corrected chi connectivity index (χ1v) is 9.46. The summed E-state index contributed by atoms with van der Waals surface area (Å²) in [6.07, 6.45) is 2.27. The summed E-state index contributed by atoms with van der Waals surface area (Å²) in [7, 11) is 3.21. The predicted octanol–water partition coefficient (Wildman–Crippen LogP) is 1.90. The normalized spacial score (nSPS) is 13.1. The number of thioether (sulfide) groups is 1. The number of anilines is 1. The van der Waals surface area contributed by atoms with E-state index in [1.54, 1.807) is 32.5 Å². The van der Waals surface area contributed by atoms with Gasteiger partial charge in [0.2, 0.25) is 11.8 Å². The Morgan fingerprint density at radius 1 is 1.30 bits per heavy atom. The van der Waals surface area contributed by atoms with Crippen LogP contribution < -0.4 is 19.7 Å². The molecule has 0 bridgehead atoms. The van der Waals surface area contributed by atoms with Crippen LogP contribution in [0.1, 0.15) is 5.56 Å². The van der Waals surface area contributed by atoms with Gasteiger partial charge in [0.05, 0.1) is 25.7 Å². The van der Waals surface area contributed by atoms with E-state index in [1.807, 2.05) is 18.2 Å². The number of pyridine rings is 1. The number of rotatable bonds is 7. The third-order valence-corrected chi connectivity index (χ3v) is 5.16. The van der Waals surface area contributed by atoms with E-state index in [4.69, 9.17) is 9.47 Å². The average Bonchev–Trinajstić information content (AvgIpc) is 2.70. The van der Waals surface area contributed by atoms with Gasteiger partial charge in [0.25, 0.3) is 0 Å². The number of carbonyl (C=O) groups excluding carboxylic acids is 2. The Bertz CT molecular complexity index is 843. The highest BCUT2D eigenvalue weighted by atomic mass is 32.2. The van der Waals surface area contributed by atoms with Crippen LogP contribution in [0.5, 0.6) is 11.5 Å². The third-order valence-electron chi connectivity index (χ3n) is 4.18. The van der Waals surface area contributed by atoms with Gasteiger partial charge in [-0.1, -0.05) is 11.8 Å². The molecule has 0 radical (unpaired) electrons. The quantitative estimate of drug-likeness (QED) is 0.782. The molecular weight excluding hydrogens is 366 g/mol. The lowest BCUT2D eigenvalue weighted by atomic mass is 10.1. The molecule has 1 aromatic carbocycles. The lowest BCUT2D eigenvalue weighted by molar-refractivity contribution is -0.122. The number of nitrogens with one attached hydrogen (secondary N) is 1. The number of aromatic nitrogens is 1. The van der Waals surface area contributed by atoms with Crippen molar-refractivity contribution in [2.75, 3.05) is 38.0 Å². The Kier molecular flexibility index (Phi) is 6.18. The van der Waals surface area contributed by atoms with E-state index in [2.05, 4.69) is 10.3 Å². The van der Waals surface area contributed by atoms with Crippen LogP contribution in [0.2, 0.25) is 0 Å². The van der Waals surface area contributed by atoms with Crippen molar-refractivity contribution >= 4 is 29.3 Å². The van der Waals surface area contributed by atoms with Crippen LogP contribution in [-0.2, 0) is 16.0 Å². The molecule has 1 aliphatic rings. The highest BCUT2D eigenvalue weighted by Gasteiger charge is 2.27. The maximum Gasteiger partial charge on any atom is 0.240 e. The summed E-state index contributed by atoms with van der Waals surface area (Å²) in [6.45, 7) is 0.409. The smallest absolute Gasteiger partial charge is 0.240 e. The van der Waals surface area contributed by atoms with Gasteiger partial charge in [-0.3, -0.25) is 14.5 Å². The molecule has 0 aliphatic carbocycles. The van der Waals surface area contributed by atoms with Gasteiger partial charge in [0.1, 0.15) is 23.1 Å². The Hall–Kier alpha value is -2.74. The molecular formula is C19H21N3O4S. The summed E-state index contributed by atoms with van der Waals surface area (Å²) in [5.74, 6) is 1.46. The summed E-state index contributed by atoms with van der Waals surface area (Å²) in [5, 5.41) is 3.63. The van der Waals surface area contributed by atoms with Crippen LogP contribution in [-0.4, -0.2) is 49.9 Å². The van der Waals surface area contributed by atoms with E-state index in [9.17, 15) is 9.59 Å². The minimum Gasteiger partial charge on any atom is -0.497 e. The summed E-state index contributed by atoms with van der Waals surface area (Å²) in [5.41, 5.74) is 1.63. The van der Waals surface area contributed by atoms with Crippen molar-refractivity contribution in [3.63, 3.8) is 0 Å². The first-order chi connectivity index (χ1) is 13.1. The van der Waals surface area contributed by atoms with Gasteiger partial charge in [0, 0.05) is 12.7 Å². The largest absolute Gasteiger partial charge is 0.497 e. The van der Waals surface area contributed by atoms with Crippen LogP contribution in [0.3, 0.4) is 0 Å². The molecule has 1 N–H and O–H groups in total. The number of nitrogens with zero attached hydrogens (tertiary/aromatic N) is 2. The molecule has 0 unspecified atom stereocenters. The second kappa shape index (κ2) is 8.77. The van der Waals surface area contributed by atoms with E-state index in [1.165, 1.54) is 16.7 Å². The van der Waals surface area contributed by atoms with Crippen molar-refractivity contribution in [2.24, 2.45) is 0 Å². The molecule has 0 fully saturated rings. The number of carbonyl (C=O) groups is 2. The van der Waals surface area contributed by atoms with Gasteiger partial charge in [-0.2, -0.15) is 0 Å². The monoisotopic (exact) mass is 387 g/mol. The van der Waals surface area contributed by atoms with Crippen molar-refractivity contribution in [3.8, 4) is 11.5 Å². The van der Waals surface area contributed by atoms with Crippen LogP contribution in [0.25, 0.3) is 0 Å². The molecule has 0 saturated carbocycles. The Morgan fingerprint density at radius 2 is 2.15 bits per heavy atom. The maximum absolute atomic E-state index is 12.3. The minimum atomic E-state index is -0.216. The number of amides is 2. The zero-order valence-electron chi connectivity index (χ0n) is 15.2. The number of benzene rings is 1. The van der Waals surface area contributed by atoms with Crippen LogP contribution in [0.15, 0.2) is 41.6 Å². The summed E-state index contributed by atoms with van der Waals surface area (Å²) in [4.78, 5) is 30.3. The molecule has 142 valence electrons. The molecule has 7 nitrogen and oxygen atoms in total. The number of fused-ring (bicyclic) bond motifs is 1. The number of hydrogen-bond acceptors (Lipinski definition) is 6. The molecule has 8 heteroatoms. The van der Waals surface area contributed by atoms with E-state index in [-0.39, 0.29) is 24.1 Å². The molecule has 2 heterocycles. The van der Waals surface area contributed by atoms with Crippen LogP contribution in [0, 0.1) is 0 Å². The molecule has 3 rings (SSSR count). The maximum atomic E-state index is 12.3. The average molecular weight is 387 g/mol. The zero-order chi connectivity index (χ0) is 19.2.